The summed E-state index contributed by atoms with van der Waals surface area (Å²) in [6.07, 6.45) is 12.1. The molecule has 16 heavy (non-hydrogen) atoms. The summed E-state index contributed by atoms with van der Waals surface area (Å²) in [7, 11) is 0. The number of nitrogens with one attached hydrogen (secondary N) is 1. The summed E-state index contributed by atoms with van der Waals surface area (Å²) >= 11 is 0. The number of hydrogen-bond donors (Lipinski definition) is 1. The van der Waals surface area contributed by atoms with Crippen LogP contribution in [0.4, 0.5) is 0 Å². The van der Waals surface area contributed by atoms with Crippen LogP contribution in [0.1, 0.15) is 37.7 Å². The lowest BCUT2D eigenvalue weighted by atomic mass is 9.89. The molecule has 1 aliphatic rings. The molecule has 0 bridgehead atoms. The van der Waals surface area contributed by atoms with Gasteiger partial charge in [0.05, 0.1) is 0 Å². The Hall–Kier alpha value is -0.890. The summed E-state index contributed by atoms with van der Waals surface area (Å²) in [5, 5.41) is 3.58. The smallest absolute Gasteiger partial charge is 0.0270 e. The van der Waals surface area contributed by atoms with Crippen molar-refractivity contribution in [1.29, 1.82) is 0 Å². The molecular formula is C14H22N2. The molecule has 0 spiro atoms. The summed E-state index contributed by atoms with van der Waals surface area (Å²) in [6, 6.07) is 4.20. The molecule has 1 aliphatic carbocycles. The van der Waals surface area contributed by atoms with E-state index < -0.39 is 0 Å². The van der Waals surface area contributed by atoms with E-state index in [4.69, 9.17) is 0 Å². The van der Waals surface area contributed by atoms with Gasteiger partial charge in [-0.1, -0.05) is 19.3 Å². The molecule has 88 valence electrons. The van der Waals surface area contributed by atoms with E-state index in [1.807, 2.05) is 12.4 Å². The van der Waals surface area contributed by atoms with Crippen molar-refractivity contribution in [2.45, 2.75) is 38.5 Å². The van der Waals surface area contributed by atoms with Crippen molar-refractivity contribution in [1.82, 2.24) is 10.3 Å². The van der Waals surface area contributed by atoms with Crippen molar-refractivity contribution in [3.05, 3.63) is 30.1 Å². The van der Waals surface area contributed by atoms with Crippen LogP contribution in [0.3, 0.4) is 0 Å². The monoisotopic (exact) mass is 218 g/mol. The van der Waals surface area contributed by atoms with Gasteiger partial charge in [0.25, 0.3) is 0 Å². The van der Waals surface area contributed by atoms with Gasteiger partial charge in [0, 0.05) is 12.4 Å². The highest BCUT2D eigenvalue weighted by atomic mass is 14.9. The second kappa shape index (κ2) is 6.64. The zero-order valence-corrected chi connectivity index (χ0v) is 9.99. The molecule has 2 nitrogen and oxygen atoms in total. The van der Waals surface area contributed by atoms with Gasteiger partial charge >= 0.3 is 0 Å². The van der Waals surface area contributed by atoms with E-state index in [-0.39, 0.29) is 0 Å². The summed E-state index contributed by atoms with van der Waals surface area (Å²) in [6.45, 7) is 2.31. The first-order chi connectivity index (χ1) is 7.95. The standard InChI is InChI=1S/C14H22N2/c1-2-4-14(5-3-1)12-16-11-8-13-6-9-15-10-7-13/h6-7,9-10,14,16H,1-5,8,11-12H2. The van der Waals surface area contributed by atoms with Crippen LogP contribution >= 0.6 is 0 Å². The molecule has 0 amide bonds. The van der Waals surface area contributed by atoms with E-state index >= 15 is 0 Å². The summed E-state index contributed by atoms with van der Waals surface area (Å²) in [5.41, 5.74) is 1.38. The predicted octanol–water partition coefficient (Wildman–Crippen LogP) is 2.79. The Bertz CT molecular complexity index is 278. The molecule has 0 atom stereocenters. The Labute approximate surface area is 98.5 Å². The van der Waals surface area contributed by atoms with Crippen LogP contribution in [0.5, 0.6) is 0 Å². The third-order valence-corrected chi connectivity index (χ3v) is 3.50. The highest BCUT2D eigenvalue weighted by Crippen LogP contribution is 2.22. The van der Waals surface area contributed by atoms with Gasteiger partial charge in [-0.25, -0.2) is 0 Å². The third-order valence-electron chi connectivity index (χ3n) is 3.50. The number of aromatic nitrogens is 1. The largest absolute Gasteiger partial charge is 0.316 e. The quantitative estimate of drug-likeness (QED) is 0.769. The first kappa shape index (κ1) is 11.6. The molecule has 0 saturated heterocycles. The van der Waals surface area contributed by atoms with Crippen molar-refractivity contribution in [2.75, 3.05) is 13.1 Å². The van der Waals surface area contributed by atoms with Crippen LogP contribution in [0, 0.1) is 5.92 Å². The fraction of sp³-hybridized carbons (Fsp3) is 0.643. The number of nitrogens with zero attached hydrogens (tertiary/aromatic N) is 1. The molecule has 1 N–H and O–H groups in total. The summed E-state index contributed by atoms with van der Waals surface area (Å²) in [4.78, 5) is 4.03. The van der Waals surface area contributed by atoms with Crippen LogP contribution < -0.4 is 5.32 Å². The average Bonchev–Trinajstić information content (AvgIpc) is 2.37. The van der Waals surface area contributed by atoms with Gasteiger partial charge in [-0.2, -0.15) is 0 Å². The molecular weight excluding hydrogens is 196 g/mol. The first-order valence-corrected chi connectivity index (χ1v) is 6.55. The lowest BCUT2D eigenvalue weighted by Crippen LogP contribution is -2.26. The van der Waals surface area contributed by atoms with Crippen molar-refractivity contribution in [3.63, 3.8) is 0 Å². The number of pyridine rings is 1. The van der Waals surface area contributed by atoms with Gasteiger partial charge in [-0.05, 0) is 56.0 Å². The zero-order chi connectivity index (χ0) is 11.1. The predicted molar refractivity (Wildman–Crippen MR) is 67.4 cm³/mol. The fourth-order valence-corrected chi connectivity index (χ4v) is 2.48. The van der Waals surface area contributed by atoms with E-state index in [0.717, 1.165) is 18.9 Å². The average molecular weight is 218 g/mol. The minimum atomic E-state index is 0.936. The molecule has 2 heteroatoms. The van der Waals surface area contributed by atoms with Crippen molar-refractivity contribution in [3.8, 4) is 0 Å². The minimum Gasteiger partial charge on any atom is -0.316 e. The second-order valence-electron chi connectivity index (χ2n) is 4.81. The van der Waals surface area contributed by atoms with E-state index in [2.05, 4.69) is 22.4 Å². The highest BCUT2D eigenvalue weighted by molar-refractivity contribution is 5.09. The molecule has 0 unspecified atom stereocenters. The molecule has 2 rings (SSSR count). The molecule has 1 aromatic heterocycles. The lowest BCUT2D eigenvalue weighted by molar-refractivity contribution is 0.343. The Balaban J connectivity index is 1.58. The molecule has 0 aromatic carbocycles. The van der Waals surface area contributed by atoms with E-state index in [1.54, 1.807) is 0 Å². The molecule has 0 radical (unpaired) electrons. The van der Waals surface area contributed by atoms with Gasteiger partial charge in [0.1, 0.15) is 0 Å². The SMILES string of the molecule is c1cc(CCNCC2CCCCC2)ccn1. The molecule has 1 fully saturated rings. The Morgan fingerprint density at radius 3 is 2.62 bits per heavy atom. The third kappa shape index (κ3) is 3.93. The normalized spacial score (nSPS) is 17.5. The van der Waals surface area contributed by atoms with Crippen molar-refractivity contribution in [2.24, 2.45) is 5.92 Å². The van der Waals surface area contributed by atoms with E-state index in [1.165, 1.54) is 44.2 Å². The topological polar surface area (TPSA) is 24.9 Å². The van der Waals surface area contributed by atoms with Gasteiger partial charge in [0.15, 0.2) is 0 Å². The van der Waals surface area contributed by atoms with Gasteiger partial charge in [0.2, 0.25) is 0 Å². The van der Waals surface area contributed by atoms with Gasteiger partial charge < -0.3 is 5.32 Å². The van der Waals surface area contributed by atoms with Crippen molar-refractivity contribution >= 4 is 0 Å². The maximum atomic E-state index is 4.03. The molecule has 0 aliphatic heterocycles. The van der Waals surface area contributed by atoms with Crippen LogP contribution in [0.25, 0.3) is 0 Å². The van der Waals surface area contributed by atoms with Crippen LogP contribution in [0.2, 0.25) is 0 Å². The Morgan fingerprint density at radius 1 is 1.12 bits per heavy atom. The highest BCUT2D eigenvalue weighted by Gasteiger charge is 2.12. The second-order valence-corrected chi connectivity index (χ2v) is 4.81. The zero-order valence-electron chi connectivity index (χ0n) is 9.99. The Kier molecular flexibility index (Phi) is 4.81. The lowest BCUT2D eigenvalue weighted by Gasteiger charge is -2.21. The Morgan fingerprint density at radius 2 is 1.88 bits per heavy atom. The maximum Gasteiger partial charge on any atom is 0.0270 e. The minimum absolute atomic E-state index is 0.936. The molecule has 1 aromatic rings. The molecule has 1 saturated carbocycles. The summed E-state index contributed by atoms with van der Waals surface area (Å²) in [5.74, 6) is 0.936. The molecule has 1 heterocycles. The van der Waals surface area contributed by atoms with E-state index in [0.29, 0.717) is 0 Å². The van der Waals surface area contributed by atoms with Crippen LogP contribution in [-0.4, -0.2) is 18.1 Å². The van der Waals surface area contributed by atoms with Crippen LogP contribution in [0.15, 0.2) is 24.5 Å². The summed E-state index contributed by atoms with van der Waals surface area (Å²) < 4.78 is 0. The fourth-order valence-electron chi connectivity index (χ4n) is 2.48. The van der Waals surface area contributed by atoms with Crippen LogP contribution in [-0.2, 0) is 6.42 Å². The number of rotatable bonds is 5. The number of hydrogen-bond acceptors (Lipinski definition) is 2. The van der Waals surface area contributed by atoms with Gasteiger partial charge in [-0.3, -0.25) is 4.98 Å². The first-order valence-electron chi connectivity index (χ1n) is 6.55. The van der Waals surface area contributed by atoms with Gasteiger partial charge in [-0.15, -0.1) is 0 Å². The maximum absolute atomic E-state index is 4.03. The van der Waals surface area contributed by atoms with Crippen molar-refractivity contribution < 1.29 is 0 Å². The van der Waals surface area contributed by atoms with E-state index in [9.17, 15) is 0 Å².